The number of carbonyl (C=O) groups is 1. The largest absolute Gasteiger partial charge is 0.495 e. The first-order valence-corrected chi connectivity index (χ1v) is 13.1. The Balaban J connectivity index is 1.73. The molecule has 0 bridgehead atoms. The van der Waals surface area contributed by atoms with Gasteiger partial charge in [0.1, 0.15) is 28.9 Å². The zero-order valence-electron chi connectivity index (χ0n) is 18.7. The Labute approximate surface area is 196 Å². The highest BCUT2D eigenvalue weighted by Crippen LogP contribution is 2.62. The molecule has 33 heavy (non-hydrogen) atoms. The van der Waals surface area contributed by atoms with Gasteiger partial charge in [0.25, 0.3) is 5.91 Å². The molecule has 4 heteroatoms. The predicted octanol–water partition coefficient (Wildman–Crippen LogP) is 4.79. The maximum Gasteiger partial charge on any atom is 0.269 e. The van der Waals surface area contributed by atoms with Gasteiger partial charge in [-0.05, 0) is 48.5 Å². The Bertz CT molecular complexity index is 1130. The summed E-state index contributed by atoms with van der Waals surface area (Å²) in [6, 6.07) is 39.7. The zero-order valence-corrected chi connectivity index (χ0v) is 19.6. The SMILES string of the molecule is COc1ccccc1N1CCC([P+](c2ccccc2)(c2ccccc2)c2ccccc2)C1=O. The van der Waals surface area contributed by atoms with Gasteiger partial charge in [0.05, 0.1) is 12.8 Å². The number of hydrogen-bond donors (Lipinski definition) is 0. The summed E-state index contributed by atoms with van der Waals surface area (Å²) in [4.78, 5) is 16.2. The van der Waals surface area contributed by atoms with Crippen molar-refractivity contribution in [2.45, 2.75) is 12.1 Å². The summed E-state index contributed by atoms with van der Waals surface area (Å²) in [6.45, 7) is 0.679. The van der Waals surface area contributed by atoms with Crippen LogP contribution in [0.4, 0.5) is 5.69 Å². The lowest BCUT2D eigenvalue weighted by molar-refractivity contribution is -0.116. The summed E-state index contributed by atoms with van der Waals surface area (Å²) in [5.41, 5.74) is 0.703. The van der Waals surface area contributed by atoms with E-state index in [2.05, 4.69) is 72.8 Å². The van der Waals surface area contributed by atoms with Crippen molar-refractivity contribution in [2.24, 2.45) is 0 Å². The van der Waals surface area contributed by atoms with E-state index in [-0.39, 0.29) is 11.6 Å². The van der Waals surface area contributed by atoms with Gasteiger partial charge in [0, 0.05) is 13.0 Å². The Morgan fingerprint density at radius 2 is 1.15 bits per heavy atom. The summed E-state index contributed by atoms with van der Waals surface area (Å²) in [7, 11) is -0.612. The van der Waals surface area contributed by atoms with Gasteiger partial charge in [0.2, 0.25) is 0 Å². The molecule has 1 aliphatic heterocycles. The Kier molecular flexibility index (Phi) is 5.98. The first-order chi connectivity index (χ1) is 16.3. The lowest BCUT2D eigenvalue weighted by Crippen LogP contribution is -2.43. The van der Waals surface area contributed by atoms with Gasteiger partial charge in [-0.25, -0.2) is 0 Å². The normalized spacial score (nSPS) is 16.1. The lowest BCUT2D eigenvalue weighted by atomic mass is 10.2. The van der Waals surface area contributed by atoms with Gasteiger partial charge in [-0.2, -0.15) is 0 Å². The second kappa shape index (κ2) is 9.21. The van der Waals surface area contributed by atoms with Crippen molar-refractivity contribution in [3.8, 4) is 5.75 Å². The molecule has 1 amide bonds. The van der Waals surface area contributed by atoms with E-state index in [1.807, 2.05) is 47.4 Å². The average Bonchev–Trinajstić information content (AvgIpc) is 3.28. The number of amides is 1. The molecule has 1 unspecified atom stereocenters. The van der Waals surface area contributed by atoms with E-state index in [4.69, 9.17) is 4.74 Å². The molecule has 0 aromatic heterocycles. The smallest absolute Gasteiger partial charge is 0.269 e. The molecule has 1 fully saturated rings. The van der Waals surface area contributed by atoms with E-state index in [9.17, 15) is 4.79 Å². The molecule has 0 spiro atoms. The average molecular weight is 453 g/mol. The molecule has 1 heterocycles. The van der Waals surface area contributed by atoms with E-state index in [1.54, 1.807) is 7.11 Å². The number of ether oxygens (including phenoxy) is 1. The van der Waals surface area contributed by atoms with E-state index < -0.39 is 7.26 Å². The van der Waals surface area contributed by atoms with Crippen molar-refractivity contribution in [1.29, 1.82) is 0 Å². The van der Waals surface area contributed by atoms with Gasteiger partial charge < -0.3 is 9.64 Å². The fraction of sp³-hybridized carbons (Fsp3) is 0.138. The second-order valence-corrected chi connectivity index (χ2v) is 11.8. The molecule has 3 nitrogen and oxygen atoms in total. The zero-order chi connectivity index (χ0) is 22.7. The molecule has 5 rings (SSSR count). The third-order valence-electron chi connectivity index (χ3n) is 6.51. The molecule has 0 radical (unpaired) electrons. The standard InChI is InChI=1S/C29H27NO2P/c1-32-27-20-12-11-19-26(27)30-22-21-28(29(30)31)33(23-13-5-2-6-14-23,24-15-7-3-8-16-24)25-17-9-4-10-18-25/h2-20,28H,21-22H2,1H3/q+1. The Hall–Kier alpha value is -3.42. The first kappa shape index (κ1) is 21.4. The van der Waals surface area contributed by atoms with Crippen LogP contribution in [0.3, 0.4) is 0 Å². The predicted molar refractivity (Wildman–Crippen MR) is 139 cm³/mol. The Morgan fingerprint density at radius 3 is 1.64 bits per heavy atom. The molecule has 164 valence electrons. The van der Waals surface area contributed by atoms with Crippen LogP contribution in [0.25, 0.3) is 0 Å². The van der Waals surface area contributed by atoms with E-state index in [0.717, 1.165) is 17.9 Å². The fourth-order valence-electron chi connectivity index (χ4n) is 5.09. The molecular weight excluding hydrogens is 425 g/mol. The highest BCUT2D eigenvalue weighted by Gasteiger charge is 2.58. The van der Waals surface area contributed by atoms with E-state index in [0.29, 0.717) is 6.54 Å². The maximum absolute atomic E-state index is 14.2. The van der Waals surface area contributed by atoms with Crippen molar-refractivity contribution in [3.05, 3.63) is 115 Å². The number of anilines is 1. The van der Waals surface area contributed by atoms with Crippen LogP contribution in [0.15, 0.2) is 115 Å². The molecule has 4 aromatic carbocycles. The molecule has 1 aliphatic rings. The minimum atomic E-state index is -2.27. The molecule has 0 N–H and O–H groups in total. The number of rotatable bonds is 6. The highest BCUT2D eigenvalue weighted by molar-refractivity contribution is 7.97. The number of methoxy groups -OCH3 is 1. The van der Waals surface area contributed by atoms with E-state index >= 15 is 0 Å². The van der Waals surface area contributed by atoms with Gasteiger partial charge >= 0.3 is 0 Å². The van der Waals surface area contributed by atoms with Gasteiger partial charge in [-0.15, -0.1) is 0 Å². The van der Waals surface area contributed by atoms with Crippen molar-refractivity contribution >= 4 is 34.8 Å². The third-order valence-corrected chi connectivity index (χ3v) is 11.3. The van der Waals surface area contributed by atoms with Crippen LogP contribution in [0, 0.1) is 0 Å². The minimum Gasteiger partial charge on any atom is -0.495 e. The third kappa shape index (κ3) is 3.63. The fourth-order valence-corrected chi connectivity index (χ4v) is 9.97. The molecular formula is C29H27NO2P+. The van der Waals surface area contributed by atoms with Gasteiger partial charge in [-0.1, -0.05) is 66.7 Å². The topological polar surface area (TPSA) is 29.5 Å². The minimum absolute atomic E-state index is 0.144. The molecule has 1 saturated heterocycles. The van der Waals surface area contributed by atoms with Crippen LogP contribution < -0.4 is 25.6 Å². The number of carbonyl (C=O) groups excluding carboxylic acids is 1. The summed E-state index contributed by atoms with van der Waals surface area (Å²) in [6.07, 6.45) is 0.795. The number of para-hydroxylation sites is 2. The first-order valence-electron chi connectivity index (χ1n) is 11.3. The van der Waals surface area contributed by atoms with Crippen molar-refractivity contribution in [2.75, 3.05) is 18.6 Å². The van der Waals surface area contributed by atoms with Gasteiger partial charge in [0.15, 0.2) is 5.66 Å². The number of hydrogen-bond acceptors (Lipinski definition) is 2. The van der Waals surface area contributed by atoms with Crippen LogP contribution >= 0.6 is 7.26 Å². The number of nitrogens with zero attached hydrogens (tertiary/aromatic N) is 1. The maximum atomic E-state index is 14.2. The Morgan fingerprint density at radius 1 is 0.697 bits per heavy atom. The van der Waals surface area contributed by atoms with E-state index in [1.165, 1.54) is 15.9 Å². The van der Waals surface area contributed by atoms with Crippen molar-refractivity contribution < 1.29 is 9.53 Å². The van der Waals surface area contributed by atoms with Crippen LogP contribution in [-0.4, -0.2) is 25.2 Å². The van der Waals surface area contributed by atoms with Crippen LogP contribution in [0.2, 0.25) is 0 Å². The molecule has 1 atom stereocenters. The van der Waals surface area contributed by atoms with Crippen molar-refractivity contribution in [1.82, 2.24) is 0 Å². The highest BCUT2D eigenvalue weighted by atomic mass is 31.2. The summed E-state index contributed by atoms with van der Waals surface area (Å²) < 4.78 is 5.60. The van der Waals surface area contributed by atoms with Crippen LogP contribution in [0.1, 0.15) is 6.42 Å². The van der Waals surface area contributed by atoms with Crippen molar-refractivity contribution in [3.63, 3.8) is 0 Å². The van der Waals surface area contributed by atoms with Gasteiger partial charge in [-0.3, -0.25) is 4.79 Å². The monoisotopic (exact) mass is 452 g/mol. The number of benzene rings is 4. The lowest BCUT2D eigenvalue weighted by Gasteiger charge is -2.32. The quantitative estimate of drug-likeness (QED) is 0.394. The molecule has 0 saturated carbocycles. The molecule has 4 aromatic rings. The summed E-state index contributed by atoms with van der Waals surface area (Å²) in [5, 5.41) is 3.72. The second-order valence-electron chi connectivity index (χ2n) is 8.20. The summed E-state index contributed by atoms with van der Waals surface area (Å²) in [5.74, 6) is 0.902. The van der Waals surface area contributed by atoms with Crippen LogP contribution in [-0.2, 0) is 4.79 Å². The molecule has 0 aliphatic carbocycles. The summed E-state index contributed by atoms with van der Waals surface area (Å²) >= 11 is 0. The van der Waals surface area contributed by atoms with Crippen LogP contribution in [0.5, 0.6) is 5.75 Å².